The van der Waals surface area contributed by atoms with Crippen molar-refractivity contribution in [2.45, 2.75) is 24.3 Å². The minimum Gasteiger partial charge on any atom is -0.493 e. The van der Waals surface area contributed by atoms with Crippen LogP contribution >= 0.6 is 12.4 Å². The fourth-order valence-electron chi connectivity index (χ4n) is 2.58. The lowest BCUT2D eigenvalue weighted by Gasteiger charge is -2.23. The number of amides is 1. The number of benzene rings is 2. The van der Waals surface area contributed by atoms with Gasteiger partial charge >= 0.3 is 0 Å². The molecule has 2 aromatic carbocycles. The highest BCUT2D eigenvalue weighted by Gasteiger charge is 2.14. The minimum atomic E-state index is -3.23. The van der Waals surface area contributed by atoms with E-state index in [0.717, 1.165) is 18.2 Å². The highest BCUT2D eigenvalue weighted by molar-refractivity contribution is 7.90. The van der Waals surface area contributed by atoms with Crippen molar-refractivity contribution in [3.05, 3.63) is 60.2 Å². The van der Waals surface area contributed by atoms with Crippen molar-refractivity contribution in [1.82, 2.24) is 4.90 Å². The molecule has 28 heavy (non-hydrogen) atoms. The van der Waals surface area contributed by atoms with Crippen molar-refractivity contribution < 1.29 is 17.9 Å². The third kappa shape index (κ3) is 7.88. The summed E-state index contributed by atoms with van der Waals surface area (Å²) in [6.45, 7) is 1.91. The molecule has 1 amide bonds. The van der Waals surface area contributed by atoms with Gasteiger partial charge in [-0.05, 0) is 42.8 Å². The van der Waals surface area contributed by atoms with Gasteiger partial charge in [-0.15, -0.1) is 12.4 Å². The van der Waals surface area contributed by atoms with Crippen molar-refractivity contribution in [1.29, 1.82) is 0 Å². The standard InChI is InChI=1S/C20H26N2O4S.ClH/c1-27(24,25)19-10-8-18(9-11-19)26-15-12-20(23)22(14-5-13-21)16-17-6-3-2-4-7-17;/h2-4,6-11H,5,12-16,21H2,1H3;1H. The number of carbonyl (C=O) groups excluding carboxylic acids is 1. The molecule has 0 bridgehead atoms. The van der Waals surface area contributed by atoms with Crippen molar-refractivity contribution in [3.8, 4) is 5.75 Å². The summed E-state index contributed by atoms with van der Waals surface area (Å²) in [4.78, 5) is 14.6. The maximum atomic E-state index is 12.6. The minimum absolute atomic E-state index is 0. The second-order valence-electron chi connectivity index (χ2n) is 6.29. The van der Waals surface area contributed by atoms with Gasteiger partial charge in [-0.25, -0.2) is 8.42 Å². The van der Waals surface area contributed by atoms with Gasteiger partial charge in [0.05, 0.1) is 17.9 Å². The Balaban J connectivity index is 0.00000392. The summed E-state index contributed by atoms with van der Waals surface area (Å²) >= 11 is 0. The van der Waals surface area contributed by atoms with Gasteiger partial charge in [-0.3, -0.25) is 4.79 Å². The van der Waals surface area contributed by atoms with Crippen molar-refractivity contribution in [2.75, 3.05) is 26.0 Å². The monoisotopic (exact) mass is 426 g/mol. The van der Waals surface area contributed by atoms with Gasteiger partial charge in [0.2, 0.25) is 5.91 Å². The molecule has 0 aliphatic carbocycles. The van der Waals surface area contributed by atoms with Gasteiger partial charge in [0.25, 0.3) is 0 Å². The van der Waals surface area contributed by atoms with Crippen LogP contribution in [0.1, 0.15) is 18.4 Å². The molecule has 0 aromatic heterocycles. The Kier molecular flexibility index (Phi) is 9.99. The van der Waals surface area contributed by atoms with Crippen LogP contribution in [-0.2, 0) is 21.2 Å². The van der Waals surface area contributed by atoms with Gasteiger partial charge in [0.15, 0.2) is 9.84 Å². The molecule has 154 valence electrons. The zero-order valence-electron chi connectivity index (χ0n) is 15.9. The highest BCUT2D eigenvalue weighted by Crippen LogP contribution is 2.16. The van der Waals surface area contributed by atoms with Crippen molar-refractivity contribution in [2.24, 2.45) is 5.73 Å². The Hall–Kier alpha value is -2.09. The van der Waals surface area contributed by atoms with Crippen LogP contribution in [-0.4, -0.2) is 45.2 Å². The van der Waals surface area contributed by atoms with Gasteiger partial charge < -0.3 is 15.4 Å². The molecule has 0 aliphatic rings. The number of nitrogens with zero attached hydrogens (tertiary/aromatic N) is 1. The molecule has 0 unspecified atom stereocenters. The average molecular weight is 427 g/mol. The molecule has 6 nitrogen and oxygen atoms in total. The topological polar surface area (TPSA) is 89.7 Å². The summed E-state index contributed by atoms with van der Waals surface area (Å²) < 4.78 is 28.5. The van der Waals surface area contributed by atoms with E-state index >= 15 is 0 Å². The van der Waals surface area contributed by atoms with E-state index in [0.29, 0.717) is 25.4 Å². The predicted octanol–water partition coefficient (Wildman–Crippen LogP) is 2.66. The molecule has 0 spiro atoms. The molecule has 0 saturated carbocycles. The van der Waals surface area contributed by atoms with Crippen LogP contribution in [0.4, 0.5) is 0 Å². The molecule has 8 heteroatoms. The molecule has 0 saturated heterocycles. The normalized spacial score (nSPS) is 10.8. The van der Waals surface area contributed by atoms with Crippen molar-refractivity contribution in [3.63, 3.8) is 0 Å². The SMILES string of the molecule is CS(=O)(=O)c1ccc(OCCC(=O)N(CCCN)Cc2ccccc2)cc1.Cl. The number of sulfone groups is 1. The molecule has 0 fully saturated rings. The van der Waals surface area contributed by atoms with Crippen LogP contribution in [0, 0.1) is 0 Å². The Bertz CT molecular complexity index is 827. The molecular formula is C20H27ClN2O4S. The van der Waals surface area contributed by atoms with E-state index in [1.54, 1.807) is 17.0 Å². The number of rotatable bonds is 10. The molecule has 2 aromatic rings. The lowest BCUT2D eigenvalue weighted by molar-refractivity contribution is -0.132. The Morgan fingerprint density at radius 3 is 2.29 bits per heavy atom. The second kappa shape index (κ2) is 11.7. The Morgan fingerprint density at radius 1 is 1.07 bits per heavy atom. The van der Waals surface area contributed by atoms with Gasteiger partial charge in [0.1, 0.15) is 5.75 Å². The zero-order chi connectivity index (χ0) is 19.7. The van der Waals surface area contributed by atoms with Crippen LogP contribution in [0.3, 0.4) is 0 Å². The Morgan fingerprint density at radius 2 is 1.71 bits per heavy atom. The van der Waals surface area contributed by atoms with Gasteiger partial charge in [-0.2, -0.15) is 0 Å². The fourth-order valence-corrected chi connectivity index (χ4v) is 3.21. The van der Waals surface area contributed by atoms with E-state index in [4.69, 9.17) is 10.5 Å². The fraction of sp³-hybridized carbons (Fsp3) is 0.350. The van der Waals surface area contributed by atoms with Crippen molar-refractivity contribution >= 4 is 28.2 Å². The van der Waals surface area contributed by atoms with Crippen LogP contribution in [0.15, 0.2) is 59.5 Å². The number of halogens is 1. The smallest absolute Gasteiger partial charge is 0.226 e. The summed E-state index contributed by atoms with van der Waals surface area (Å²) in [7, 11) is -3.23. The van der Waals surface area contributed by atoms with E-state index in [1.165, 1.54) is 12.1 Å². The maximum absolute atomic E-state index is 12.6. The largest absolute Gasteiger partial charge is 0.493 e. The maximum Gasteiger partial charge on any atom is 0.226 e. The number of hydrogen-bond donors (Lipinski definition) is 1. The van der Waals surface area contributed by atoms with E-state index in [2.05, 4.69) is 0 Å². The quantitative estimate of drug-likeness (QED) is 0.630. The van der Waals surface area contributed by atoms with Gasteiger partial charge in [-0.1, -0.05) is 30.3 Å². The Labute approximate surface area is 173 Å². The van der Waals surface area contributed by atoms with Gasteiger partial charge in [0, 0.05) is 19.3 Å². The first-order valence-electron chi connectivity index (χ1n) is 8.85. The average Bonchev–Trinajstić information content (AvgIpc) is 2.65. The molecule has 2 N–H and O–H groups in total. The summed E-state index contributed by atoms with van der Waals surface area (Å²) in [5.74, 6) is 0.534. The lowest BCUT2D eigenvalue weighted by Crippen LogP contribution is -2.33. The van der Waals surface area contributed by atoms with E-state index in [9.17, 15) is 13.2 Å². The number of ether oxygens (including phenoxy) is 1. The first kappa shape index (κ1) is 23.9. The molecule has 0 atom stereocenters. The summed E-state index contributed by atoms with van der Waals surface area (Å²) in [5, 5.41) is 0. The predicted molar refractivity (Wildman–Crippen MR) is 112 cm³/mol. The first-order chi connectivity index (χ1) is 12.9. The molecule has 0 aliphatic heterocycles. The highest BCUT2D eigenvalue weighted by atomic mass is 35.5. The van der Waals surface area contributed by atoms with Crippen LogP contribution in [0.5, 0.6) is 5.75 Å². The lowest BCUT2D eigenvalue weighted by atomic mass is 10.2. The molecule has 0 heterocycles. The number of carbonyl (C=O) groups is 1. The number of nitrogens with two attached hydrogens (primary N) is 1. The summed E-state index contributed by atoms with van der Waals surface area (Å²) in [6.07, 6.45) is 2.14. The first-order valence-corrected chi connectivity index (χ1v) is 10.7. The molecule has 2 rings (SSSR count). The zero-order valence-corrected chi connectivity index (χ0v) is 17.5. The van der Waals surface area contributed by atoms with Crippen LogP contribution in [0.2, 0.25) is 0 Å². The summed E-state index contributed by atoms with van der Waals surface area (Å²) in [6, 6.07) is 16.0. The third-order valence-corrected chi connectivity index (χ3v) is 5.17. The summed E-state index contributed by atoms with van der Waals surface area (Å²) in [5.41, 5.74) is 6.65. The number of hydrogen-bond acceptors (Lipinski definition) is 5. The van der Waals surface area contributed by atoms with E-state index in [1.807, 2.05) is 30.3 Å². The molecule has 0 radical (unpaired) electrons. The van der Waals surface area contributed by atoms with E-state index in [-0.39, 0.29) is 36.2 Å². The third-order valence-electron chi connectivity index (χ3n) is 4.04. The van der Waals surface area contributed by atoms with Crippen LogP contribution in [0.25, 0.3) is 0 Å². The van der Waals surface area contributed by atoms with Crippen LogP contribution < -0.4 is 10.5 Å². The second-order valence-corrected chi connectivity index (χ2v) is 8.30. The molecular weight excluding hydrogens is 400 g/mol. The van der Waals surface area contributed by atoms with E-state index < -0.39 is 9.84 Å².